The molecule has 102 valence electrons. The molecule has 1 aromatic carbocycles. The Labute approximate surface area is 113 Å². The number of nitrogens with one attached hydrogen (secondary N) is 1. The number of rotatable bonds is 5. The van der Waals surface area contributed by atoms with E-state index in [1.54, 1.807) is 12.1 Å². The highest BCUT2D eigenvalue weighted by Gasteiger charge is 2.13. The molecule has 3 nitrogen and oxygen atoms in total. The fraction of sp³-hybridized carbons (Fsp3) is 0.400. The first kappa shape index (κ1) is 13.7. The molecule has 0 aliphatic rings. The molecular weight excluding hydrogens is 241 g/mol. The second-order valence-corrected chi connectivity index (χ2v) is 4.96. The van der Waals surface area contributed by atoms with Gasteiger partial charge in [-0.1, -0.05) is 13.0 Å². The van der Waals surface area contributed by atoms with E-state index in [0.717, 1.165) is 41.9 Å². The Morgan fingerprint density at radius 2 is 2.16 bits per heavy atom. The Morgan fingerprint density at radius 1 is 1.37 bits per heavy atom. The predicted molar refractivity (Wildman–Crippen MR) is 75.3 cm³/mol. The molecule has 0 saturated carbocycles. The first-order valence-electron chi connectivity index (χ1n) is 6.59. The van der Waals surface area contributed by atoms with Crippen LogP contribution in [0.4, 0.5) is 4.39 Å². The van der Waals surface area contributed by atoms with Crippen molar-refractivity contribution in [3.05, 3.63) is 41.3 Å². The van der Waals surface area contributed by atoms with Gasteiger partial charge in [0.2, 0.25) is 0 Å². The summed E-state index contributed by atoms with van der Waals surface area (Å²) >= 11 is 0. The fourth-order valence-electron chi connectivity index (χ4n) is 2.27. The first-order valence-corrected chi connectivity index (χ1v) is 6.59. The lowest BCUT2D eigenvalue weighted by Gasteiger charge is -2.15. The number of hydrogen-bond acceptors (Lipinski definition) is 2. The van der Waals surface area contributed by atoms with Crippen LogP contribution in [0.2, 0.25) is 0 Å². The molecule has 0 aliphatic heterocycles. The smallest absolute Gasteiger partial charge is 0.123 e. The molecule has 1 heterocycles. The van der Waals surface area contributed by atoms with Gasteiger partial charge in [-0.05, 0) is 44.6 Å². The van der Waals surface area contributed by atoms with E-state index in [1.165, 1.54) is 6.07 Å². The van der Waals surface area contributed by atoms with Crippen molar-refractivity contribution in [2.24, 2.45) is 0 Å². The highest BCUT2D eigenvalue weighted by Crippen LogP contribution is 2.26. The van der Waals surface area contributed by atoms with Gasteiger partial charge in [0.15, 0.2) is 0 Å². The number of aryl methyl sites for hydroxylation is 1. The molecule has 4 heteroatoms. The van der Waals surface area contributed by atoms with Crippen LogP contribution in [0.1, 0.15) is 24.5 Å². The van der Waals surface area contributed by atoms with Gasteiger partial charge in [0, 0.05) is 23.9 Å². The zero-order chi connectivity index (χ0) is 13.8. The maximum Gasteiger partial charge on any atom is 0.123 e. The summed E-state index contributed by atoms with van der Waals surface area (Å²) < 4.78 is 13.4. The van der Waals surface area contributed by atoms with Crippen LogP contribution >= 0.6 is 0 Å². The molecule has 0 fully saturated rings. The van der Waals surface area contributed by atoms with Crippen molar-refractivity contribution >= 4 is 0 Å². The summed E-state index contributed by atoms with van der Waals surface area (Å²) in [5.74, 6) is -0.225. The highest BCUT2D eigenvalue weighted by atomic mass is 19.1. The van der Waals surface area contributed by atoms with E-state index < -0.39 is 0 Å². The molecule has 0 aliphatic carbocycles. The summed E-state index contributed by atoms with van der Waals surface area (Å²) in [6, 6.07) is 4.82. The van der Waals surface area contributed by atoms with Gasteiger partial charge in [0.1, 0.15) is 5.82 Å². The summed E-state index contributed by atoms with van der Waals surface area (Å²) in [4.78, 5) is 2.24. The standard InChI is InChI=1S/C15H20FN3/c1-4-7-19(3)10-12-9-17-18-15(12)14-8-13(16)6-5-11(14)2/h5-6,8-9H,4,7,10H2,1-3H3,(H,17,18). The third kappa shape index (κ3) is 3.20. The lowest BCUT2D eigenvalue weighted by atomic mass is 10.0. The molecule has 19 heavy (non-hydrogen) atoms. The average molecular weight is 261 g/mol. The van der Waals surface area contributed by atoms with Gasteiger partial charge in [-0.2, -0.15) is 5.10 Å². The quantitative estimate of drug-likeness (QED) is 0.895. The van der Waals surface area contributed by atoms with E-state index in [1.807, 2.05) is 13.1 Å². The van der Waals surface area contributed by atoms with Gasteiger partial charge in [-0.3, -0.25) is 5.10 Å². The van der Waals surface area contributed by atoms with Crippen LogP contribution in [-0.2, 0) is 6.54 Å². The van der Waals surface area contributed by atoms with Crippen LogP contribution in [-0.4, -0.2) is 28.7 Å². The van der Waals surface area contributed by atoms with Crippen molar-refractivity contribution in [3.8, 4) is 11.3 Å². The lowest BCUT2D eigenvalue weighted by Crippen LogP contribution is -2.18. The van der Waals surface area contributed by atoms with Gasteiger partial charge < -0.3 is 4.90 Å². The molecule has 0 amide bonds. The van der Waals surface area contributed by atoms with Crippen LogP contribution in [0.5, 0.6) is 0 Å². The Morgan fingerprint density at radius 3 is 2.89 bits per heavy atom. The molecule has 0 radical (unpaired) electrons. The van der Waals surface area contributed by atoms with Gasteiger partial charge in [0.05, 0.1) is 5.69 Å². The van der Waals surface area contributed by atoms with Gasteiger partial charge in [-0.15, -0.1) is 0 Å². The predicted octanol–water partition coefficient (Wildman–Crippen LogP) is 3.37. The number of hydrogen-bond donors (Lipinski definition) is 1. The van der Waals surface area contributed by atoms with Crippen LogP contribution in [0.25, 0.3) is 11.3 Å². The number of aromatic amines is 1. The van der Waals surface area contributed by atoms with E-state index in [9.17, 15) is 4.39 Å². The second kappa shape index (κ2) is 5.97. The molecule has 0 bridgehead atoms. The first-order chi connectivity index (χ1) is 9.11. The molecule has 0 atom stereocenters. The lowest BCUT2D eigenvalue weighted by molar-refractivity contribution is 0.328. The van der Waals surface area contributed by atoms with Crippen molar-refractivity contribution in [1.29, 1.82) is 0 Å². The Kier molecular flexibility index (Phi) is 4.32. The minimum Gasteiger partial charge on any atom is -0.302 e. The van der Waals surface area contributed by atoms with Crippen LogP contribution < -0.4 is 0 Å². The van der Waals surface area contributed by atoms with Crippen molar-refractivity contribution in [1.82, 2.24) is 15.1 Å². The topological polar surface area (TPSA) is 31.9 Å². The molecule has 1 N–H and O–H groups in total. The number of aromatic nitrogens is 2. The molecule has 0 unspecified atom stereocenters. The van der Waals surface area contributed by atoms with Crippen molar-refractivity contribution in [2.45, 2.75) is 26.8 Å². The number of halogens is 1. The highest BCUT2D eigenvalue weighted by molar-refractivity contribution is 5.66. The largest absolute Gasteiger partial charge is 0.302 e. The van der Waals surface area contributed by atoms with E-state index in [4.69, 9.17) is 0 Å². The number of H-pyrrole nitrogens is 1. The van der Waals surface area contributed by atoms with Crippen molar-refractivity contribution < 1.29 is 4.39 Å². The molecule has 0 spiro atoms. The van der Waals surface area contributed by atoms with E-state index in [-0.39, 0.29) is 5.82 Å². The zero-order valence-corrected chi connectivity index (χ0v) is 11.7. The van der Waals surface area contributed by atoms with Gasteiger partial charge >= 0.3 is 0 Å². The SMILES string of the molecule is CCCN(C)Cc1c[nH]nc1-c1cc(F)ccc1C. The molecule has 0 saturated heterocycles. The Bertz CT molecular complexity index is 548. The molecule has 1 aromatic heterocycles. The van der Waals surface area contributed by atoms with Crippen molar-refractivity contribution in [3.63, 3.8) is 0 Å². The van der Waals surface area contributed by atoms with E-state index >= 15 is 0 Å². The zero-order valence-electron chi connectivity index (χ0n) is 11.7. The minimum atomic E-state index is -0.225. The fourth-order valence-corrected chi connectivity index (χ4v) is 2.27. The van der Waals surface area contributed by atoms with E-state index in [0.29, 0.717) is 0 Å². The maximum atomic E-state index is 13.4. The molecule has 2 aromatic rings. The van der Waals surface area contributed by atoms with Crippen LogP contribution in [0.15, 0.2) is 24.4 Å². The average Bonchev–Trinajstić information content (AvgIpc) is 2.80. The Hall–Kier alpha value is -1.68. The maximum absolute atomic E-state index is 13.4. The third-order valence-electron chi connectivity index (χ3n) is 3.22. The van der Waals surface area contributed by atoms with Crippen LogP contribution in [0.3, 0.4) is 0 Å². The molecule has 2 rings (SSSR count). The third-order valence-corrected chi connectivity index (χ3v) is 3.22. The number of nitrogens with zero attached hydrogens (tertiary/aromatic N) is 2. The summed E-state index contributed by atoms with van der Waals surface area (Å²) in [5, 5.41) is 7.18. The van der Waals surface area contributed by atoms with Gasteiger partial charge in [-0.25, -0.2) is 4.39 Å². The minimum absolute atomic E-state index is 0.225. The normalized spacial score (nSPS) is 11.2. The summed E-state index contributed by atoms with van der Waals surface area (Å²) in [6.07, 6.45) is 3.01. The second-order valence-electron chi connectivity index (χ2n) is 4.96. The monoisotopic (exact) mass is 261 g/mol. The van der Waals surface area contributed by atoms with Crippen LogP contribution in [0, 0.1) is 12.7 Å². The summed E-state index contributed by atoms with van der Waals surface area (Å²) in [5.41, 5.74) is 3.85. The Balaban J connectivity index is 2.31. The number of benzene rings is 1. The van der Waals surface area contributed by atoms with E-state index in [2.05, 4.69) is 29.1 Å². The van der Waals surface area contributed by atoms with Gasteiger partial charge in [0.25, 0.3) is 0 Å². The van der Waals surface area contributed by atoms with Crippen molar-refractivity contribution in [2.75, 3.05) is 13.6 Å². The summed E-state index contributed by atoms with van der Waals surface area (Å²) in [6.45, 7) is 5.98. The molecular formula is C15H20FN3. The summed E-state index contributed by atoms with van der Waals surface area (Å²) in [7, 11) is 2.08.